The van der Waals surface area contributed by atoms with Crippen LogP contribution in [-0.4, -0.2) is 13.2 Å². The SMILES string of the molecule is CC1(C)CCCC2CC3(CCOC3)CCC21. The third kappa shape index (κ3) is 1.72. The zero-order valence-electron chi connectivity index (χ0n) is 10.9. The lowest BCUT2D eigenvalue weighted by Crippen LogP contribution is -2.43. The van der Waals surface area contributed by atoms with Gasteiger partial charge in [-0.1, -0.05) is 26.7 Å². The van der Waals surface area contributed by atoms with Gasteiger partial charge in [0.05, 0.1) is 6.61 Å². The first-order valence-corrected chi connectivity index (χ1v) is 7.19. The van der Waals surface area contributed by atoms with E-state index in [1.807, 2.05) is 0 Å². The van der Waals surface area contributed by atoms with Crippen molar-refractivity contribution in [3.63, 3.8) is 0 Å². The second-order valence-electron chi connectivity index (χ2n) is 7.29. The van der Waals surface area contributed by atoms with E-state index in [4.69, 9.17) is 4.74 Å². The highest BCUT2D eigenvalue weighted by Crippen LogP contribution is 2.56. The lowest BCUT2D eigenvalue weighted by atomic mass is 9.54. The van der Waals surface area contributed by atoms with Gasteiger partial charge in [0, 0.05) is 6.61 Å². The first kappa shape index (κ1) is 11.1. The molecular formula is C15H26O. The molecule has 0 aromatic heterocycles. The molecule has 1 aliphatic heterocycles. The largest absolute Gasteiger partial charge is 0.381 e. The molecule has 2 aliphatic carbocycles. The molecule has 3 fully saturated rings. The Morgan fingerprint density at radius 3 is 2.69 bits per heavy atom. The van der Waals surface area contributed by atoms with Crippen LogP contribution in [0.3, 0.4) is 0 Å². The normalized spacial score (nSPS) is 46.9. The van der Waals surface area contributed by atoms with Gasteiger partial charge < -0.3 is 4.74 Å². The van der Waals surface area contributed by atoms with Gasteiger partial charge in [0.1, 0.15) is 0 Å². The molecule has 0 amide bonds. The second kappa shape index (κ2) is 3.73. The Morgan fingerprint density at radius 2 is 1.94 bits per heavy atom. The van der Waals surface area contributed by atoms with Gasteiger partial charge in [0.15, 0.2) is 0 Å². The predicted molar refractivity (Wildman–Crippen MR) is 66.3 cm³/mol. The van der Waals surface area contributed by atoms with Crippen molar-refractivity contribution in [3.8, 4) is 0 Å². The van der Waals surface area contributed by atoms with E-state index < -0.39 is 0 Å². The summed E-state index contributed by atoms with van der Waals surface area (Å²) < 4.78 is 5.67. The molecule has 2 saturated carbocycles. The minimum absolute atomic E-state index is 0.606. The molecule has 0 N–H and O–H groups in total. The first-order valence-electron chi connectivity index (χ1n) is 7.19. The molecule has 0 bridgehead atoms. The zero-order valence-corrected chi connectivity index (χ0v) is 10.9. The lowest BCUT2D eigenvalue weighted by Gasteiger charge is -2.51. The molecule has 0 radical (unpaired) electrons. The standard InChI is InChI=1S/C15H26O/c1-14(2)6-3-4-12-10-15(7-5-13(12)14)8-9-16-11-15/h12-13H,3-11H2,1-2H3. The van der Waals surface area contributed by atoms with Crippen LogP contribution in [0, 0.1) is 22.7 Å². The van der Waals surface area contributed by atoms with E-state index >= 15 is 0 Å². The summed E-state index contributed by atoms with van der Waals surface area (Å²) in [6, 6.07) is 0. The number of hydrogen-bond donors (Lipinski definition) is 0. The minimum atomic E-state index is 0.606. The molecule has 0 aromatic carbocycles. The van der Waals surface area contributed by atoms with E-state index in [2.05, 4.69) is 13.8 Å². The van der Waals surface area contributed by atoms with Gasteiger partial charge in [-0.2, -0.15) is 0 Å². The first-order chi connectivity index (χ1) is 7.61. The molecule has 0 aromatic rings. The van der Waals surface area contributed by atoms with Crippen LogP contribution in [0.15, 0.2) is 0 Å². The van der Waals surface area contributed by atoms with Crippen LogP contribution in [0.4, 0.5) is 0 Å². The number of hydrogen-bond acceptors (Lipinski definition) is 1. The van der Waals surface area contributed by atoms with Crippen molar-refractivity contribution < 1.29 is 4.74 Å². The van der Waals surface area contributed by atoms with Crippen LogP contribution in [0.2, 0.25) is 0 Å². The van der Waals surface area contributed by atoms with Gasteiger partial charge >= 0.3 is 0 Å². The van der Waals surface area contributed by atoms with Crippen molar-refractivity contribution in [1.82, 2.24) is 0 Å². The van der Waals surface area contributed by atoms with E-state index in [-0.39, 0.29) is 0 Å². The summed E-state index contributed by atoms with van der Waals surface area (Å²) in [7, 11) is 0. The quantitative estimate of drug-likeness (QED) is 0.601. The van der Waals surface area contributed by atoms with Crippen molar-refractivity contribution in [2.24, 2.45) is 22.7 Å². The Labute approximate surface area is 99.9 Å². The van der Waals surface area contributed by atoms with E-state index in [1.54, 1.807) is 0 Å². The number of rotatable bonds is 0. The molecule has 1 spiro atoms. The second-order valence-corrected chi connectivity index (χ2v) is 7.29. The summed E-state index contributed by atoms with van der Waals surface area (Å²) >= 11 is 0. The maximum atomic E-state index is 5.67. The highest BCUT2D eigenvalue weighted by Gasteiger charge is 2.48. The monoisotopic (exact) mass is 222 g/mol. The molecular weight excluding hydrogens is 196 g/mol. The highest BCUT2D eigenvalue weighted by atomic mass is 16.5. The van der Waals surface area contributed by atoms with Crippen molar-refractivity contribution in [3.05, 3.63) is 0 Å². The summed E-state index contributed by atoms with van der Waals surface area (Å²) in [6.45, 7) is 7.11. The summed E-state index contributed by atoms with van der Waals surface area (Å²) in [4.78, 5) is 0. The van der Waals surface area contributed by atoms with Crippen molar-refractivity contribution in [1.29, 1.82) is 0 Å². The molecule has 3 rings (SSSR count). The summed E-state index contributed by atoms with van der Waals surface area (Å²) in [5.41, 5.74) is 1.22. The minimum Gasteiger partial charge on any atom is -0.381 e. The predicted octanol–water partition coefficient (Wildman–Crippen LogP) is 4.02. The average Bonchev–Trinajstić information content (AvgIpc) is 2.65. The summed E-state index contributed by atoms with van der Waals surface area (Å²) in [6.07, 6.45) is 10.1. The maximum absolute atomic E-state index is 5.67. The summed E-state index contributed by atoms with van der Waals surface area (Å²) in [5, 5.41) is 0. The third-order valence-corrected chi connectivity index (χ3v) is 5.83. The van der Waals surface area contributed by atoms with Gasteiger partial charge in [-0.15, -0.1) is 0 Å². The van der Waals surface area contributed by atoms with Crippen molar-refractivity contribution in [2.45, 2.75) is 58.8 Å². The van der Waals surface area contributed by atoms with Crippen LogP contribution in [0.25, 0.3) is 0 Å². The number of ether oxygens (including phenoxy) is 1. The Balaban J connectivity index is 1.75. The van der Waals surface area contributed by atoms with E-state index in [1.165, 1.54) is 44.9 Å². The third-order valence-electron chi connectivity index (χ3n) is 5.83. The topological polar surface area (TPSA) is 9.23 Å². The smallest absolute Gasteiger partial charge is 0.0523 e. The van der Waals surface area contributed by atoms with Gasteiger partial charge in [-0.05, 0) is 54.8 Å². The van der Waals surface area contributed by atoms with Crippen LogP contribution in [-0.2, 0) is 4.74 Å². The average molecular weight is 222 g/mol. The van der Waals surface area contributed by atoms with Crippen LogP contribution >= 0.6 is 0 Å². The zero-order chi connectivity index (χ0) is 11.2. The molecule has 92 valence electrons. The fraction of sp³-hybridized carbons (Fsp3) is 1.00. The van der Waals surface area contributed by atoms with E-state index in [9.17, 15) is 0 Å². The van der Waals surface area contributed by atoms with Crippen molar-refractivity contribution in [2.75, 3.05) is 13.2 Å². The molecule has 16 heavy (non-hydrogen) atoms. The summed E-state index contributed by atoms with van der Waals surface area (Å²) in [5.74, 6) is 2.02. The van der Waals surface area contributed by atoms with Crippen LogP contribution in [0.5, 0.6) is 0 Å². The van der Waals surface area contributed by atoms with E-state index in [0.717, 1.165) is 25.0 Å². The van der Waals surface area contributed by atoms with Gasteiger partial charge in [-0.3, -0.25) is 0 Å². The molecule has 1 heteroatoms. The Hall–Kier alpha value is -0.0400. The molecule has 3 aliphatic rings. The Bertz CT molecular complexity index is 263. The molecule has 1 nitrogen and oxygen atoms in total. The molecule has 1 heterocycles. The highest BCUT2D eigenvalue weighted by molar-refractivity contribution is 4.98. The Morgan fingerprint density at radius 1 is 1.06 bits per heavy atom. The van der Waals surface area contributed by atoms with Gasteiger partial charge in [-0.25, -0.2) is 0 Å². The van der Waals surface area contributed by atoms with Crippen LogP contribution < -0.4 is 0 Å². The molecule has 1 saturated heterocycles. The van der Waals surface area contributed by atoms with Crippen molar-refractivity contribution >= 4 is 0 Å². The van der Waals surface area contributed by atoms with Gasteiger partial charge in [0.2, 0.25) is 0 Å². The lowest BCUT2D eigenvalue weighted by molar-refractivity contribution is -0.0183. The molecule has 3 unspecified atom stereocenters. The fourth-order valence-electron chi connectivity index (χ4n) is 4.84. The number of fused-ring (bicyclic) bond motifs is 1. The fourth-order valence-corrected chi connectivity index (χ4v) is 4.84. The van der Waals surface area contributed by atoms with Crippen LogP contribution in [0.1, 0.15) is 58.8 Å². The molecule has 3 atom stereocenters. The van der Waals surface area contributed by atoms with Gasteiger partial charge in [0.25, 0.3) is 0 Å². The Kier molecular flexibility index (Phi) is 2.58. The van der Waals surface area contributed by atoms with E-state index in [0.29, 0.717) is 10.8 Å². The maximum Gasteiger partial charge on any atom is 0.0523 e.